The summed E-state index contributed by atoms with van der Waals surface area (Å²) in [6.45, 7) is 0. The lowest BCUT2D eigenvalue weighted by atomic mass is 10.0. The molecule has 1 heterocycles. The van der Waals surface area contributed by atoms with Crippen LogP contribution in [-0.2, 0) is 17.5 Å². The van der Waals surface area contributed by atoms with Gasteiger partial charge in [-0.25, -0.2) is 4.21 Å². The molecule has 3 rings (SSSR count). The van der Waals surface area contributed by atoms with Gasteiger partial charge in [-0.3, -0.25) is 0 Å². The third-order valence-electron chi connectivity index (χ3n) is 3.07. The predicted octanol–water partition coefficient (Wildman–Crippen LogP) is 4.52. The molecule has 1 aliphatic carbocycles. The number of allylic oxidation sites excluding steroid dienone is 1. The Kier molecular flexibility index (Phi) is 3.49. The van der Waals surface area contributed by atoms with Crippen LogP contribution in [0.2, 0.25) is 0 Å². The van der Waals surface area contributed by atoms with Crippen LogP contribution in [0, 0.1) is 0 Å². The van der Waals surface area contributed by atoms with Gasteiger partial charge in [-0.1, -0.05) is 23.7 Å². The van der Waals surface area contributed by atoms with Gasteiger partial charge in [0.2, 0.25) is 0 Å². The van der Waals surface area contributed by atoms with Gasteiger partial charge in [0.1, 0.15) is 11.3 Å². The standard InChI is InChI=1S/C13H8ClF3O3S/c14-8-4-1-3-7-11-9(19-12(7)8)5-2-6-10(11)20-21(18)13(15,16)17/h2,4-6H,1,3H2. The van der Waals surface area contributed by atoms with E-state index < -0.39 is 16.6 Å². The molecule has 1 aliphatic rings. The van der Waals surface area contributed by atoms with Gasteiger partial charge in [0.05, 0.1) is 10.4 Å². The Hall–Kier alpha value is -1.47. The second-order valence-corrected chi connectivity index (χ2v) is 5.90. The van der Waals surface area contributed by atoms with Gasteiger partial charge >= 0.3 is 16.6 Å². The molecular weight excluding hydrogens is 329 g/mol. The topological polar surface area (TPSA) is 39.4 Å². The van der Waals surface area contributed by atoms with E-state index in [0.717, 1.165) is 0 Å². The van der Waals surface area contributed by atoms with Crippen LogP contribution in [0.4, 0.5) is 13.2 Å². The number of halogens is 4. The van der Waals surface area contributed by atoms with Gasteiger partial charge < -0.3 is 8.60 Å². The Morgan fingerprint density at radius 2 is 2.10 bits per heavy atom. The molecule has 0 bridgehead atoms. The van der Waals surface area contributed by atoms with E-state index in [1.165, 1.54) is 12.1 Å². The Morgan fingerprint density at radius 1 is 1.33 bits per heavy atom. The number of hydrogen-bond acceptors (Lipinski definition) is 3. The van der Waals surface area contributed by atoms with Gasteiger partial charge in [0.25, 0.3) is 0 Å². The van der Waals surface area contributed by atoms with Crippen molar-refractivity contribution in [2.75, 3.05) is 0 Å². The van der Waals surface area contributed by atoms with Gasteiger partial charge in [0, 0.05) is 5.56 Å². The van der Waals surface area contributed by atoms with Crippen molar-refractivity contribution in [3.63, 3.8) is 0 Å². The minimum atomic E-state index is -4.94. The Bertz CT molecular complexity index is 764. The van der Waals surface area contributed by atoms with Crippen LogP contribution >= 0.6 is 11.6 Å². The maximum atomic E-state index is 12.4. The molecule has 0 amide bonds. The lowest BCUT2D eigenvalue weighted by Crippen LogP contribution is -2.21. The highest BCUT2D eigenvalue weighted by Gasteiger charge is 2.40. The molecule has 1 aromatic carbocycles. The summed E-state index contributed by atoms with van der Waals surface area (Å²) in [4.78, 5) is 0. The first-order valence-corrected chi connectivity index (χ1v) is 7.40. The summed E-state index contributed by atoms with van der Waals surface area (Å²) >= 11 is 2.61. The van der Waals surface area contributed by atoms with Crippen molar-refractivity contribution >= 4 is 38.7 Å². The van der Waals surface area contributed by atoms with Crippen molar-refractivity contribution < 1.29 is 26.0 Å². The van der Waals surface area contributed by atoms with Crippen LogP contribution in [0.15, 0.2) is 28.7 Å². The van der Waals surface area contributed by atoms with Gasteiger partial charge in [0.15, 0.2) is 5.75 Å². The number of rotatable bonds is 2. The normalized spacial score (nSPS) is 16.5. The van der Waals surface area contributed by atoms with E-state index in [2.05, 4.69) is 4.18 Å². The fourth-order valence-corrected chi connectivity index (χ4v) is 2.90. The van der Waals surface area contributed by atoms with Crippen molar-refractivity contribution in [3.8, 4) is 5.75 Å². The number of benzene rings is 1. The van der Waals surface area contributed by atoms with Gasteiger partial charge in [-0.15, -0.1) is 0 Å². The first-order valence-electron chi connectivity index (χ1n) is 5.95. The van der Waals surface area contributed by atoms with E-state index in [0.29, 0.717) is 40.2 Å². The first-order chi connectivity index (χ1) is 9.88. The van der Waals surface area contributed by atoms with Crippen LogP contribution in [0.25, 0.3) is 16.0 Å². The molecule has 0 spiro atoms. The summed E-state index contributed by atoms with van der Waals surface area (Å²) in [5.74, 6) is 0.297. The van der Waals surface area contributed by atoms with Crippen molar-refractivity contribution in [1.82, 2.24) is 0 Å². The molecule has 0 radical (unpaired) electrons. The minimum Gasteiger partial charge on any atom is -0.455 e. The average Bonchev–Trinajstić information content (AvgIpc) is 2.79. The predicted molar refractivity (Wildman–Crippen MR) is 73.2 cm³/mol. The van der Waals surface area contributed by atoms with E-state index in [4.69, 9.17) is 16.0 Å². The Labute approximate surface area is 125 Å². The van der Waals surface area contributed by atoms with E-state index in [1.54, 1.807) is 12.1 Å². The quantitative estimate of drug-likeness (QED) is 0.809. The molecular formula is C13H8ClF3O3S. The molecule has 112 valence electrons. The highest BCUT2D eigenvalue weighted by molar-refractivity contribution is 7.81. The number of hydrogen-bond donors (Lipinski definition) is 0. The third kappa shape index (κ3) is 2.55. The zero-order chi connectivity index (χ0) is 15.2. The molecule has 0 saturated heterocycles. The highest BCUT2D eigenvalue weighted by atomic mass is 35.5. The average molecular weight is 337 g/mol. The van der Waals surface area contributed by atoms with Crippen molar-refractivity contribution in [3.05, 3.63) is 35.6 Å². The van der Waals surface area contributed by atoms with E-state index in [-0.39, 0.29) is 5.75 Å². The monoisotopic (exact) mass is 336 g/mol. The van der Waals surface area contributed by atoms with Crippen molar-refractivity contribution in [2.24, 2.45) is 0 Å². The van der Waals surface area contributed by atoms with Gasteiger partial charge in [-0.05, 0) is 25.0 Å². The summed E-state index contributed by atoms with van der Waals surface area (Å²) in [6.07, 6.45) is 3.00. The molecule has 8 heteroatoms. The number of furan rings is 1. The second kappa shape index (κ2) is 5.06. The summed E-state index contributed by atoms with van der Waals surface area (Å²) in [6, 6.07) is 4.40. The van der Waals surface area contributed by atoms with Crippen LogP contribution < -0.4 is 4.18 Å². The molecule has 0 N–H and O–H groups in total. The SMILES string of the molecule is O=S(Oc1cccc2oc3c(c12)CCC=C3Cl)C(F)(F)F. The number of aryl methyl sites for hydroxylation is 1. The first kappa shape index (κ1) is 14.5. The fourth-order valence-electron chi connectivity index (χ4n) is 2.24. The van der Waals surface area contributed by atoms with E-state index >= 15 is 0 Å². The molecule has 3 nitrogen and oxygen atoms in total. The second-order valence-electron chi connectivity index (χ2n) is 4.39. The molecule has 0 saturated carbocycles. The zero-order valence-corrected chi connectivity index (χ0v) is 11.9. The van der Waals surface area contributed by atoms with Crippen LogP contribution in [0.1, 0.15) is 17.7 Å². The van der Waals surface area contributed by atoms with E-state index in [9.17, 15) is 17.4 Å². The lowest BCUT2D eigenvalue weighted by molar-refractivity contribution is -0.0437. The fraction of sp³-hybridized carbons (Fsp3) is 0.231. The van der Waals surface area contributed by atoms with Crippen LogP contribution in [-0.4, -0.2) is 9.72 Å². The summed E-state index contributed by atoms with van der Waals surface area (Å²) in [7, 11) is 0. The van der Waals surface area contributed by atoms with Crippen molar-refractivity contribution in [2.45, 2.75) is 18.3 Å². The lowest BCUT2D eigenvalue weighted by Gasteiger charge is -2.10. The van der Waals surface area contributed by atoms with Gasteiger partial charge in [-0.2, -0.15) is 13.2 Å². The molecule has 2 aromatic rings. The molecule has 1 unspecified atom stereocenters. The Morgan fingerprint density at radius 3 is 2.81 bits per heavy atom. The minimum absolute atomic E-state index is 0.125. The summed E-state index contributed by atoms with van der Waals surface area (Å²) < 4.78 is 58.4. The molecule has 21 heavy (non-hydrogen) atoms. The Balaban J connectivity index is 2.12. The van der Waals surface area contributed by atoms with Crippen molar-refractivity contribution in [1.29, 1.82) is 0 Å². The third-order valence-corrected chi connectivity index (χ3v) is 4.10. The smallest absolute Gasteiger partial charge is 0.455 e. The van der Waals surface area contributed by atoms with Crippen LogP contribution in [0.3, 0.4) is 0 Å². The van der Waals surface area contributed by atoms with Crippen LogP contribution in [0.5, 0.6) is 5.75 Å². The zero-order valence-electron chi connectivity index (χ0n) is 10.4. The number of alkyl halides is 3. The molecule has 0 aliphatic heterocycles. The van der Waals surface area contributed by atoms with E-state index in [1.807, 2.05) is 0 Å². The summed E-state index contributed by atoms with van der Waals surface area (Å²) in [5.41, 5.74) is -3.92. The molecule has 1 atom stereocenters. The number of fused-ring (bicyclic) bond motifs is 3. The largest absolute Gasteiger partial charge is 0.508 e. The molecule has 0 fully saturated rings. The molecule has 1 aromatic heterocycles. The maximum Gasteiger partial charge on any atom is 0.508 e. The highest BCUT2D eigenvalue weighted by Crippen LogP contribution is 2.41. The maximum absolute atomic E-state index is 12.4. The summed E-state index contributed by atoms with van der Waals surface area (Å²) in [5, 5.41) is 0.798.